The minimum absolute atomic E-state index is 0.113. The van der Waals surface area contributed by atoms with Crippen LogP contribution in [0.4, 0.5) is 20.9 Å². The molecule has 1 aromatic heterocycles. The Morgan fingerprint density at radius 3 is 2.85 bits per heavy atom. The van der Waals surface area contributed by atoms with Crippen LogP contribution < -0.4 is 15.0 Å². The minimum atomic E-state index is -0.532. The highest BCUT2D eigenvalue weighted by Crippen LogP contribution is 2.31. The first-order valence-electron chi connectivity index (χ1n) is 10.1. The molecule has 33 heavy (non-hydrogen) atoms. The van der Waals surface area contributed by atoms with Crippen LogP contribution in [0.2, 0.25) is 0 Å². The van der Waals surface area contributed by atoms with Crippen molar-refractivity contribution in [3.63, 3.8) is 0 Å². The van der Waals surface area contributed by atoms with E-state index < -0.39 is 5.82 Å². The smallest absolute Gasteiger partial charge is 0.248 e. The van der Waals surface area contributed by atoms with Gasteiger partial charge in [-0.15, -0.1) is 11.3 Å². The number of carbonyl (C=O) groups is 2. The van der Waals surface area contributed by atoms with E-state index in [4.69, 9.17) is 10.00 Å². The Balaban J connectivity index is 1.64. The van der Waals surface area contributed by atoms with Crippen molar-refractivity contribution in [2.75, 3.05) is 16.8 Å². The maximum absolute atomic E-state index is 14.2. The van der Waals surface area contributed by atoms with Crippen LogP contribution in [-0.4, -0.2) is 23.4 Å². The van der Waals surface area contributed by atoms with Gasteiger partial charge in [0.1, 0.15) is 11.6 Å². The van der Waals surface area contributed by atoms with Gasteiger partial charge in [-0.3, -0.25) is 14.5 Å². The molecule has 0 saturated heterocycles. The molecule has 0 fully saturated rings. The van der Waals surface area contributed by atoms with Crippen LogP contribution >= 0.6 is 11.3 Å². The van der Waals surface area contributed by atoms with E-state index in [1.54, 1.807) is 41.8 Å². The maximum atomic E-state index is 14.2. The van der Waals surface area contributed by atoms with E-state index in [1.165, 1.54) is 47.4 Å². The molecule has 1 heterocycles. The number of hydrogen-bond donors (Lipinski definition) is 1. The van der Waals surface area contributed by atoms with Gasteiger partial charge in [0.05, 0.1) is 24.1 Å². The molecule has 2 amide bonds. The number of amides is 2. The maximum Gasteiger partial charge on any atom is 0.248 e. The summed E-state index contributed by atoms with van der Waals surface area (Å²) >= 11 is 1.17. The van der Waals surface area contributed by atoms with E-state index >= 15 is 0 Å². The topological polar surface area (TPSA) is 95.3 Å². The molecule has 1 N–H and O–H groups in total. The normalized spacial score (nSPS) is 10.6. The first-order chi connectivity index (χ1) is 16.0. The summed E-state index contributed by atoms with van der Waals surface area (Å²) < 4.78 is 19.7. The van der Waals surface area contributed by atoms with E-state index in [2.05, 4.69) is 16.4 Å². The molecule has 3 aromatic rings. The second kappa shape index (κ2) is 11.5. The number of nitrogens with zero attached hydrogens (tertiary/aromatic N) is 3. The molecule has 9 heteroatoms. The van der Waals surface area contributed by atoms with Gasteiger partial charge in [-0.2, -0.15) is 5.26 Å². The van der Waals surface area contributed by atoms with Crippen LogP contribution in [0.5, 0.6) is 5.75 Å². The van der Waals surface area contributed by atoms with E-state index in [9.17, 15) is 14.0 Å². The van der Waals surface area contributed by atoms with Crippen molar-refractivity contribution in [1.29, 1.82) is 5.26 Å². The molecule has 0 bridgehead atoms. The lowest BCUT2D eigenvalue weighted by Crippen LogP contribution is -2.23. The zero-order valence-corrected chi connectivity index (χ0v) is 18.6. The third-order valence-electron chi connectivity index (χ3n) is 4.32. The van der Waals surface area contributed by atoms with Crippen molar-refractivity contribution >= 4 is 45.7 Å². The first-order valence-corrected chi connectivity index (χ1v) is 11.0. The number of aromatic nitrogens is 1. The summed E-state index contributed by atoms with van der Waals surface area (Å²) in [6, 6.07) is 15.0. The summed E-state index contributed by atoms with van der Waals surface area (Å²) in [6.45, 7) is 1.75. The second-order valence-electron chi connectivity index (χ2n) is 6.82. The van der Waals surface area contributed by atoms with Gasteiger partial charge in [-0.05, 0) is 36.8 Å². The Morgan fingerprint density at radius 1 is 1.27 bits per heavy atom. The zero-order chi connectivity index (χ0) is 23.6. The lowest BCUT2D eigenvalue weighted by molar-refractivity contribution is -0.116. The molecule has 0 saturated carbocycles. The van der Waals surface area contributed by atoms with E-state index in [1.807, 2.05) is 0 Å². The number of para-hydroxylation sites is 1. The van der Waals surface area contributed by atoms with Gasteiger partial charge in [0, 0.05) is 36.6 Å². The van der Waals surface area contributed by atoms with Gasteiger partial charge >= 0.3 is 0 Å². The molecule has 0 unspecified atom stereocenters. The van der Waals surface area contributed by atoms with Gasteiger partial charge < -0.3 is 10.1 Å². The Labute approximate surface area is 194 Å². The number of unbranched alkanes of at least 4 members (excludes halogenated alkanes) is 1. The number of rotatable bonds is 9. The second-order valence-corrected chi connectivity index (χ2v) is 7.66. The van der Waals surface area contributed by atoms with Crippen LogP contribution in [0.1, 0.15) is 25.5 Å². The minimum Gasteiger partial charge on any atom is -0.493 e. The third kappa shape index (κ3) is 6.72. The van der Waals surface area contributed by atoms with Crippen LogP contribution in [0.25, 0.3) is 6.08 Å². The van der Waals surface area contributed by atoms with Crippen molar-refractivity contribution in [3.8, 4) is 11.8 Å². The van der Waals surface area contributed by atoms with Gasteiger partial charge in [0.15, 0.2) is 5.13 Å². The van der Waals surface area contributed by atoms with Crippen molar-refractivity contribution in [3.05, 3.63) is 71.5 Å². The molecule has 2 aromatic carbocycles. The average molecular weight is 465 g/mol. The van der Waals surface area contributed by atoms with Gasteiger partial charge in [0.2, 0.25) is 11.8 Å². The van der Waals surface area contributed by atoms with Crippen molar-refractivity contribution in [2.45, 2.75) is 19.8 Å². The van der Waals surface area contributed by atoms with E-state index in [0.717, 1.165) is 0 Å². The summed E-state index contributed by atoms with van der Waals surface area (Å²) in [5.74, 6) is -0.687. The molecule has 0 radical (unpaired) electrons. The predicted molar refractivity (Wildman–Crippen MR) is 126 cm³/mol. The number of benzene rings is 2. The van der Waals surface area contributed by atoms with Crippen LogP contribution in [0.3, 0.4) is 0 Å². The number of thiazole rings is 1. The SMILES string of the molecule is CC(=O)N(c1nc(C=CC(=O)Nc2cccc(OCCCC#N)c2)cs1)c1ccccc1F. The molecule has 0 atom stereocenters. The van der Waals surface area contributed by atoms with Crippen LogP contribution in [0.15, 0.2) is 60.0 Å². The molecule has 0 spiro atoms. The predicted octanol–water partition coefficient (Wildman–Crippen LogP) is 5.30. The highest BCUT2D eigenvalue weighted by molar-refractivity contribution is 7.14. The van der Waals surface area contributed by atoms with Crippen LogP contribution in [0, 0.1) is 17.1 Å². The Bertz CT molecular complexity index is 1200. The molecule has 0 aliphatic heterocycles. The number of nitrogens with one attached hydrogen (secondary N) is 1. The third-order valence-corrected chi connectivity index (χ3v) is 5.16. The number of nitriles is 1. The van der Waals surface area contributed by atoms with E-state index in [-0.39, 0.29) is 17.5 Å². The highest BCUT2D eigenvalue weighted by Gasteiger charge is 2.20. The number of anilines is 3. The molecule has 0 aliphatic rings. The molecule has 7 nitrogen and oxygen atoms in total. The number of ether oxygens (including phenoxy) is 1. The quantitative estimate of drug-likeness (QED) is 0.342. The summed E-state index contributed by atoms with van der Waals surface area (Å²) in [4.78, 5) is 30.0. The van der Waals surface area contributed by atoms with Gasteiger partial charge in [-0.1, -0.05) is 18.2 Å². The highest BCUT2D eigenvalue weighted by atomic mass is 32.1. The molecular formula is C24H21FN4O3S. The molecule has 3 rings (SSSR count). The number of halogens is 1. The lowest BCUT2D eigenvalue weighted by atomic mass is 10.3. The van der Waals surface area contributed by atoms with Crippen molar-refractivity contribution < 1.29 is 18.7 Å². The average Bonchev–Trinajstić information content (AvgIpc) is 3.25. The van der Waals surface area contributed by atoms with E-state index in [0.29, 0.717) is 41.7 Å². The standard InChI is InChI=1S/C24H21FN4O3S/c1-17(30)29(22-10-3-2-9-21(22)25)24-28-19(16-33-24)11-12-23(31)27-18-7-6-8-20(15-18)32-14-5-4-13-26/h2-3,6-12,15-16H,4-5,14H2,1H3,(H,27,31). The fourth-order valence-electron chi connectivity index (χ4n) is 2.85. The first kappa shape index (κ1) is 23.6. The Hall–Kier alpha value is -4.03. The monoisotopic (exact) mass is 464 g/mol. The summed E-state index contributed by atoms with van der Waals surface area (Å²) in [5.41, 5.74) is 1.13. The van der Waals surface area contributed by atoms with Crippen molar-refractivity contribution in [1.82, 2.24) is 4.98 Å². The summed E-state index contributed by atoms with van der Waals surface area (Å²) in [6.07, 6.45) is 3.88. The summed E-state index contributed by atoms with van der Waals surface area (Å²) in [5, 5.41) is 13.3. The fraction of sp³-hybridized carbons (Fsp3) is 0.167. The Morgan fingerprint density at radius 2 is 2.09 bits per heavy atom. The fourth-order valence-corrected chi connectivity index (χ4v) is 3.69. The lowest BCUT2D eigenvalue weighted by Gasteiger charge is -2.18. The van der Waals surface area contributed by atoms with Gasteiger partial charge in [-0.25, -0.2) is 9.37 Å². The van der Waals surface area contributed by atoms with Crippen molar-refractivity contribution in [2.24, 2.45) is 0 Å². The molecule has 168 valence electrons. The molecular weight excluding hydrogens is 443 g/mol. The Kier molecular flexibility index (Phi) is 8.27. The molecule has 0 aliphatic carbocycles. The number of carbonyl (C=O) groups excluding carboxylic acids is 2. The largest absolute Gasteiger partial charge is 0.493 e. The van der Waals surface area contributed by atoms with Crippen LogP contribution in [-0.2, 0) is 9.59 Å². The zero-order valence-electron chi connectivity index (χ0n) is 17.8. The summed E-state index contributed by atoms with van der Waals surface area (Å²) in [7, 11) is 0. The number of hydrogen-bond acceptors (Lipinski definition) is 6. The van der Waals surface area contributed by atoms with Gasteiger partial charge in [0.25, 0.3) is 0 Å².